The average Bonchev–Trinajstić information content (AvgIpc) is 3.05. The number of benzene rings is 2. The Bertz CT molecular complexity index is 1100. The van der Waals surface area contributed by atoms with Gasteiger partial charge in [-0.05, 0) is 42.8 Å². The number of fused-ring (bicyclic) bond motifs is 1. The van der Waals surface area contributed by atoms with Crippen LogP contribution in [0.25, 0.3) is 10.2 Å². The lowest BCUT2D eigenvalue weighted by atomic mass is 10.1. The fourth-order valence-corrected chi connectivity index (χ4v) is 4.38. The van der Waals surface area contributed by atoms with E-state index in [2.05, 4.69) is 4.98 Å². The second-order valence-corrected chi connectivity index (χ2v) is 7.42. The van der Waals surface area contributed by atoms with Gasteiger partial charge in [0.25, 0.3) is 5.91 Å². The highest BCUT2D eigenvalue weighted by Crippen LogP contribution is 2.38. The molecule has 0 aliphatic heterocycles. The Morgan fingerprint density at radius 2 is 1.64 bits per heavy atom. The summed E-state index contributed by atoms with van der Waals surface area (Å²) in [7, 11) is 0. The highest BCUT2D eigenvalue weighted by molar-refractivity contribution is 7.21. The topological polar surface area (TPSA) is 79.5 Å². The summed E-state index contributed by atoms with van der Waals surface area (Å²) in [6.07, 6.45) is 0. The normalized spacial score (nSPS) is 10.9. The van der Waals surface area contributed by atoms with Crippen molar-refractivity contribution < 1.29 is 9.90 Å². The van der Waals surface area contributed by atoms with Crippen molar-refractivity contribution in [2.45, 2.75) is 13.5 Å². The van der Waals surface area contributed by atoms with E-state index in [0.717, 1.165) is 17.1 Å². The number of hydrogen-bond donors (Lipinski definition) is 2. The molecule has 4 rings (SSSR count). The van der Waals surface area contributed by atoms with Gasteiger partial charge in [-0.25, -0.2) is 4.98 Å². The molecule has 2 heterocycles. The molecular formula is C22H19N3O2S. The molecule has 5 nitrogen and oxygen atoms in total. The van der Waals surface area contributed by atoms with Crippen LogP contribution in [0.3, 0.4) is 0 Å². The van der Waals surface area contributed by atoms with E-state index in [9.17, 15) is 9.90 Å². The molecule has 0 atom stereocenters. The molecule has 3 N–H and O–H groups in total. The van der Waals surface area contributed by atoms with Crippen molar-refractivity contribution in [1.29, 1.82) is 0 Å². The molecule has 4 aromatic rings. The van der Waals surface area contributed by atoms with Gasteiger partial charge in [0.05, 0.1) is 12.3 Å². The largest absolute Gasteiger partial charge is 0.397 e. The lowest BCUT2D eigenvalue weighted by Gasteiger charge is -2.22. The fourth-order valence-electron chi connectivity index (χ4n) is 3.26. The second kappa shape index (κ2) is 7.42. The SMILES string of the molecule is Cc1cc(CO)c2c(N)c(C(=O)N(c3ccccc3)c3ccccc3)sc2n1. The van der Waals surface area contributed by atoms with Crippen LogP contribution in [0.4, 0.5) is 17.1 Å². The third-order valence-corrected chi connectivity index (χ3v) is 5.59. The number of nitrogens with zero attached hydrogens (tertiary/aromatic N) is 2. The van der Waals surface area contributed by atoms with Crippen molar-refractivity contribution >= 4 is 44.5 Å². The third-order valence-electron chi connectivity index (χ3n) is 4.51. The van der Waals surface area contributed by atoms with Gasteiger partial charge in [0.2, 0.25) is 0 Å². The molecule has 28 heavy (non-hydrogen) atoms. The maximum Gasteiger partial charge on any atom is 0.275 e. The van der Waals surface area contributed by atoms with Gasteiger partial charge in [0, 0.05) is 22.5 Å². The molecule has 2 aromatic heterocycles. The summed E-state index contributed by atoms with van der Waals surface area (Å²) in [5.41, 5.74) is 9.69. The number of pyridine rings is 1. The number of carbonyl (C=O) groups is 1. The van der Waals surface area contributed by atoms with Gasteiger partial charge in [0.15, 0.2) is 0 Å². The molecule has 0 unspecified atom stereocenters. The number of thiophene rings is 1. The van der Waals surface area contributed by atoms with E-state index < -0.39 is 0 Å². The Labute approximate surface area is 166 Å². The highest BCUT2D eigenvalue weighted by Gasteiger charge is 2.26. The summed E-state index contributed by atoms with van der Waals surface area (Å²) in [5.74, 6) is -0.223. The van der Waals surface area contributed by atoms with E-state index in [0.29, 0.717) is 26.3 Å². The first kappa shape index (κ1) is 18.2. The molecule has 0 radical (unpaired) electrons. The first-order valence-corrected chi connectivity index (χ1v) is 9.65. The van der Waals surface area contributed by atoms with Crippen molar-refractivity contribution in [3.8, 4) is 0 Å². The molecule has 0 spiro atoms. The predicted molar refractivity (Wildman–Crippen MR) is 114 cm³/mol. The summed E-state index contributed by atoms with van der Waals surface area (Å²) >= 11 is 1.25. The number of aliphatic hydroxyl groups excluding tert-OH is 1. The number of aryl methyl sites for hydroxylation is 1. The zero-order valence-electron chi connectivity index (χ0n) is 15.3. The molecule has 140 valence electrons. The van der Waals surface area contributed by atoms with E-state index in [1.54, 1.807) is 11.0 Å². The summed E-state index contributed by atoms with van der Waals surface area (Å²) in [6, 6.07) is 20.7. The Balaban J connectivity index is 1.89. The van der Waals surface area contributed by atoms with Crippen molar-refractivity contribution in [3.05, 3.63) is 82.9 Å². The van der Waals surface area contributed by atoms with Gasteiger partial charge in [0.1, 0.15) is 9.71 Å². The van der Waals surface area contributed by atoms with Gasteiger partial charge in [-0.3, -0.25) is 9.69 Å². The van der Waals surface area contributed by atoms with Crippen LogP contribution in [0.5, 0.6) is 0 Å². The summed E-state index contributed by atoms with van der Waals surface area (Å²) < 4.78 is 0. The second-order valence-electron chi connectivity index (χ2n) is 6.42. The van der Waals surface area contributed by atoms with Gasteiger partial charge in [-0.15, -0.1) is 11.3 Å². The standard InChI is InChI=1S/C22H19N3O2S/c1-14-12-15(13-26)18-19(23)20(28-21(18)24-14)22(27)25(16-8-4-2-5-9-16)17-10-6-3-7-11-17/h2-12,26H,13,23H2,1H3. The van der Waals surface area contributed by atoms with Crippen LogP contribution in [-0.4, -0.2) is 16.0 Å². The molecule has 6 heteroatoms. The number of amides is 1. The first-order chi connectivity index (χ1) is 13.6. The molecule has 0 saturated heterocycles. The van der Waals surface area contributed by atoms with Crippen LogP contribution in [0.15, 0.2) is 66.7 Å². The lowest BCUT2D eigenvalue weighted by Crippen LogP contribution is -2.25. The first-order valence-electron chi connectivity index (χ1n) is 8.84. The Kier molecular flexibility index (Phi) is 4.81. The van der Waals surface area contributed by atoms with E-state index >= 15 is 0 Å². The fraction of sp³-hybridized carbons (Fsp3) is 0.0909. The van der Waals surface area contributed by atoms with E-state index in [1.165, 1.54) is 11.3 Å². The Morgan fingerprint density at radius 3 is 2.18 bits per heavy atom. The lowest BCUT2D eigenvalue weighted by molar-refractivity contribution is 0.100. The number of nitrogen functional groups attached to an aromatic ring is 1. The van der Waals surface area contributed by atoms with Gasteiger partial charge < -0.3 is 10.8 Å². The highest BCUT2D eigenvalue weighted by atomic mass is 32.1. The molecule has 2 aromatic carbocycles. The van der Waals surface area contributed by atoms with Crippen molar-refractivity contribution in [2.75, 3.05) is 10.6 Å². The third kappa shape index (κ3) is 3.13. The minimum absolute atomic E-state index is 0.157. The number of carbonyl (C=O) groups excluding carboxylic acids is 1. The van der Waals surface area contributed by atoms with Crippen molar-refractivity contribution in [1.82, 2.24) is 4.98 Å². The van der Waals surface area contributed by atoms with Gasteiger partial charge in [-0.1, -0.05) is 36.4 Å². The number of aliphatic hydroxyl groups is 1. The van der Waals surface area contributed by atoms with Crippen LogP contribution >= 0.6 is 11.3 Å². The molecule has 0 saturated carbocycles. The zero-order chi connectivity index (χ0) is 19.7. The molecule has 0 fully saturated rings. The number of rotatable bonds is 4. The minimum atomic E-state index is -0.223. The van der Waals surface area contributed by atoms with Crippen LogP contribution in [0.1, 0.15) is 20.9 Å². The summed E-state index contributed by atoms with van der Waals surface area (Å²) in [5, 5.41) is 10.4. The molecule has 0 aliphatic carbocycles. The number of nitrogens with two attached hydrogens (primary N) is 1. The number of para-hydroxylation sites is 2. The Hall–Kier alpha value is -3.22. The Morgan fingerprint density at radius 1 is 1.07 bits per heavy atom. The van der Waals surface area contributed by atoms with E-state index in [-0.39, 0.29) is 12.5 Å². The minimum Gasteiger partial charge on any atom is -0.397 e. The van der Waals surface area contributed by atoms with E-state index in [1.807, 2.05) is 67.6 Å². The van der Waals surface area contributed by atoms with Gasteiger partial charge in [-0.2, -0.15) is 0 Å². The predicted octanol–water partition coefficient (Wildman–Crippen LogP) is 4.66. The molecule has 1 amide bonds. The monoisotopic (exact) mass is 389 g/mol. The zero-order valence-corrected chi connectivity index (χ0v) is 16.1. The molecular weight excluding hydrogens is 370 g/mol. The van der Waals surface area contributed by atoms with Crippen LogP contribution in [0.2, 0.25) is 0 Å². The average molecular weight is 389 g/mol. The van der Waals surface area contributed by atoms with E-state index in [4.69, 9.17) is 5.73 Å². The number of hydrogen-bond acceptors (Lipinski definition) is 5. The molecule has 0 bridgehead atoms. The summed E-state index contributed by atoms with van der Waals surface area (Å²) in [6.45, 7) is 1.70. The maximum atomic E-state index is 13.6. The van der Waals surface area contributed by atoms with Gasteiger partial charge >= 0.3 is 0 Å². The van der Waals surface area contributed by atoms with Crippen molar-refractivity contribution in [3.63, 3.8) is 0 Å². The van der Waals surface area contributed by atoms with Crippen molar-refractivity contribution in [2.24, 2.45) is 0 Å². The number of anilines is 3. The number of aromatic nitrogens is 1. The quantitative estimate of drug-likeness (QED) is 0.532. The maximum absolute atomic E-state index is 13.6. The molecule has 0 aliphatic rings. The van der Waals surface area contributed by atoms with Crippen LogP contribution in [-0.2, 0) is 6.61 Å². The van der Waals surface area contributed by atoms with Crippen LogP contribution in [0, 0.1) is 6.92 Å². The smallest absolute Gasteiger partial charge is 0.275 e. The van der Waals surface area contributed by atoms with Crippen LogP contribution < -0.4 is 10.6 Å². The summed E-state index contributed by atoms with van der Waals surface area (Å²) in [4.78, 5) is 20.8.